The van der Waals surface area contributed by atoms with Gasteiger partial charge in [-0.2, -0.15) is 0 Å². The third-order valence-corrected chi connectivity index (χ3v) is 2.43. The van der Waals surface area contributed by atoms with Crippen LogP contribution in [-0.4, -0.2) is 44.5 Å². The van der Waals surface area contributed by atoms with Crippen molar-refractivity contribution in [2.24, 2.45) is 17.6 Å². The zero-order chi connectivity index (χ0) is 16.3. The molecule has 0 saturated heterocycles. The van der Waals surface area contributed by atoms with E-state index in [9.17, 15) is 9.59 Å². The molecule has 0 unspecified atom stereocenters. The zero-order valence-electron chi connectivity index (χ0n) is 13.5. The molecule has 0 heterocycles. The number of rotatable bonds is 9. The van der Waals surface area contributed by atoms with Crippen LogP contribution in [0, 0.1) is 11.8 Å². The third kappa shape index (κ3) is 12.0. The Balaban J connectivity index is 4.05. The minimum absolute atomic E-state index is 0.255. The van der Waals surface area contributed by atoms with Crippen LogP contribution in [0.5, 0.6) is 0 Å². The minimum atomic E-state index is -0.500. The molecule has 0 aliphatic rings. The van der Waals surface area contributed by atoms with Gasteiger partial charge < -0.3 is 25.8 Å². The third-order valence-electron chi connectivity index (χ3n) is 2.43. The highest BCUT2D eigenvalue weighted by Gasteiger charge is 2.14. The van der Waals surface area contributed by atoms with E-state index in [-0.39, 0.29) is 24.4 Å². The molecule has 1 atom stereocenters. The van der Waals surface area contributed by atoms with Crippen LogP contribution in [0.15, 0.2) is 0 Å². The van der Waals surface area contributed by atoms with Crippen molar-refractivity contribution < 1.29 is 19.1 Å². The fourth-order valence-corrected chi connectivity index (χ4v) is 1.38. The summed E-state index contributed by atoms with van der Waals surface area (Å²) in [6.45, 7) is 9.19. The van der Waals surface area contributed by atoms with Gasteiger partial charge in [0.05, 0.1) is 19.3 Å². The van der Waals surface area contributed by atoms with Crippen LogP contribution in [-0.2, 0) is 9.47 Å². The van der Waals surface area contributed by atoms with Gasteiger partial charge in [-0.25, -0.2) is 9.59 Å². The maximum atomic E-state index is 11.6. The van der Waals surface area contributed by atoms with Gasteiger partial charge in [0.1, 0.15) is 0 Å². The Morgan fingerprint density at radius 1 is 1.00 bits per heavy atom. The van der Waals surface area contributed by atoms with Gasteiger partial charge in [-0.15, -0.1) is 0 Å². The summed E-state index contributed by atoms with van der Waals surface area (Å²) in [6.07, 6.45) is -0.455. The number of carbonyl (C=O) groups excluding carboxylic acids is 2. The standard InChI is InChI=1S/C14H29N3O4/c1-10(2)8-20-13(18)16-7-12(5-6-15)17-14(19)21-9-11(3)4/h10-12H,5-9,15H2,1-4H3,(H,16,18)(H,17,19)/t12-/m0/s1. The Bertz CT molecular complexity index is 309. The summed E-state index contributed by atoms with van der Waals surface area (Å²) in [7, 11) is 0. The van der Waals surface area contributed by atoms with Gasteiger partial charge in [0.15, 0.2) is 0 Å². The molecule has 124 valence electrons. The Morgan fingerprint density at radius 2 is 1.52 bits per heavy atom. The first-order chi connectivity index (χ1) is 9.85. The van der Waals surface area contributed by atoms with Crippen LogP contribution in [0.4, 0.5) is 9.59 Å². The maximum absolute atomic E-state index is 11.6. The molecule has 2 amide bonds. The molecule has 0 aliphatic carbocycles. The summed E-state index contributed by atoms with van der Waals surface area (Å²) in [6, 6.07) is -0.277. The number of amides is 2. The van der Waals surface area contributed by atoms with E-state index >= 15 is 0 Å². The summed E-state index contributed by atoms with van der Waals surface area (Å²) < 4.78 is 10.0. The molecule has 0 bridgehead atoms. The SMILES string of the molecule is CC(C)COC(=O)NC[C@H](CCN)NC(=O)OCC(C)C. The molecular formula is C14H29N3O4. The van der Waals surface area contributed by atoms with Crippen molar-refractivity contribution in [3.8, 4) is 0 Å². The van der Waals surface area contributed by atoms with Crippen LogP contribution in [0.2, 0.25) is 0 Å². The van der Waals surface area contributed by atoms with Gasteiger partial charge in [0.25, 0.3) is 0 Å². The normalized spacial score (nSPS) is 12.1. The van der Waals surface area contributed by atoms with E-state index < -0.39 is 12.2 Å². The molecule has 7 heteroatoms. The molecule has 4 N–H and O–H groups in total. The summed E-state index contributed by atoms with van der Waals surface area (Å²) in [4.78, 5) is 23.0. The number of alkyl carbamates (subject to hydrolysis) is 2. The molecule has 0 radical (unpaired) electrons. The molecule has 7 nitrogen and oxygen atoms in total. The van der Waals surface area contributed by atoms with Crippen molar-refractivity contribution >= 4 is 12.2 Å². The first-order valence-corrected chi connectivity index (χ1v) is 7.39. The van der Waals surface area contributed by atoms with Crippen LogP contribution >= 0.6 is 0 Å². The van der Waals surface area contributed by atoms with Crippen LogP contribution in [0.25, 0.3) is 0 Å². The number of nitrogens with two attached hydrogens (primary N) is 1. The van der Waals surface area contributed by atoms with Crippen molar-refractivity contribution in [1.82, 2.24) is 10.6 Å². The number of nitrogens with one attached hydrogen (secondary N) is 2. The predicted octanol–water partition coefficient (Wildman–Crippen LogP) is 1.47. The highest BCUT2D eigenvalue weighted by atomic mass is 16.6. The van der Waals surface area contributed by atoms with Crippen molar-refractivity contribution in [1.29, 1.82) is 0 Å². The average Bonchev–Trinajstić information content (AvgIpc) is 2.40. The first kappa shape index (κ1) is 19.5. The van der Waals surface area contributed by atoms with Gasteiger partial charge in [-0.05, 0) is 24.8 Å². The van der Waals surface area contributed by atoms with Crippen molar-refractivity contribution in [3.63, 3.8) is 0 Å². The first-order valence-electron chi connectivity index (χ1n) is 7.39. The minimum Gasteiger partial charge on any atom is -0.449 e. The Labute approximate surface area is 126 Å². The number of ether oxygens (including phenoxy) is 2. The molecule has 0 saturated carbocycles. The number of hydrogen-bond donors (Lipinski definition) is 3. The fourth-order valence-electron chi connectivity index (χ4n) is 1.38. The fraction of sp³-hybridized carbons (Fsp3) is 0.857. The number of hydrogen-bond acceptors (Lipinski definition) is 5. The predicted molar refractivity (Wildman–Crippen MR) is 81.0 cm³/mol. The zero-order valence-corrected chi connectivity index (χ0v) is 13.5. The van der Waals surface area contributed by atoms with Gasteiger partial charge in [-0.1, -0.05) is 27.7 Å². The van der Waals surface area contributed by atoms with Gasteiger partial charge in [0.2, 0.25) is 0 Å². The van der Waals surface area contributed by atoms with E-state index in [1.165, 1.54) is 0 Å². The molecule has 0 aromatic rings. The quantitative estimate of drug-likeness (QED) is 0.598. The molecule has 0 rings (SSSR count). The maximum Gasteiger partial charge on any atom is 0.407 e. The lowest BCUT2D eigenvalue weighted by atomic mass is 10.2. The second kappa shape index (κ2) is 11.2. The largest absolute Gasteiger partial charge is 0.449 e. The topological polar surface area (TPSA) is 103 Å². The smallest absolute Gasteiger partial charge is 0.407 e. The summed E-state index contributed by atoms with van der Waals surface area (Å²) in [5.41, 5.74) is 5.50. The van der Waals surface area contributed by atoms with E-state index in [0.717, 1.165) is 0 Å². The van der Waals surface area contributed by atoms with E-state index in [2.05, 4.69) is 10.6 Å². The molecule has 0 spiro atoms. The van der Waals surface area contributed by atoms with Crippen LogP contribution in [0.3, 0.4) is 0 Å². The highest BCUT2D eigenvalue weighted by Crippen LogP contribution is 1.96. The van der Waals surface area contributed by atoms with Crippen molar-refractivity contribution in [2.75, 3.05) is 26.3 Å². The van der Waals surface area contributed by atoms with Gasteiger partial charge >= 0.3 is 12.2 Å². The lowest BCUT2D eigenvalue weighted by Gasteiger charge is -2.19. The summed E-state index contributed by atoms with van der Waals surface area (Å²) in [5, 5.41) is 5.29. The molecular weight excluding hydrogens is 274 g/mol. The Kier molecular flexibility index (Phi) is 10.4. The van der Waals surface area contributed by atoms with Crippen molar-refractivity contribution in [2.45, 2.75) is 40.2 Å². The van der Waals surface area contributed by atoms with E-state index in [0.29, 0.717) is 26.2 Å². The van der Waals surface area contributed by atoms with E-state index in [1.807, 2.05) is 27.7 Å². The summed E-state index contributed by atoms with van der Waals surface area (Å²) in [5.74, 6) is 0.549. The van der Waals surface area contributed by atoms with Crippen LogP contribution in [0.1, 0.15) is 34.1 Å². The molecule has 21 heavy (non-hydrogen) atoms. The molecule has 0 aliphatic heterocycles. The Hall–Kier alpha value is -1.50. The highest BCUT2D eigenvalue weighted by molar-refractivity contribution is 5.69. The molecule has 0 aromatic carbocycles. The molecule has 0 fully saturated rings. The van der Waals surface area contributed by atoms with Gasteiger partial charge in [0, 0.05) is 6.54 Å². The summed E-state index contributed by atoms with van der Waals surface area (Å²) >= 11 is 0. The number of carbonyl (C=O) groups is 2. The van der Waals surface area contributed by atoms with Gasteiger partial charge in [-0.3, -0.25) is 0 Å². The van der Waals surface area contributed by atoms with E-state index in [1.54, 1.807) is 0 Å². The average molecular weight is 303 g/mol. The Morgan fingerprint density at radius 3 is 2.00 bits per heavy atom. The van der Waals surface area contributed by atoms with Crippen LogP contribution < -0.4 is 16.4 Å². The monoisotopic (exact) mass is 303 g/mol. The van der Waals surface area contributed by atoms with Crippen molar-refractivity contribution in [3.05, 3.63) is 0 Å². The lowest BCUT2D eigenvalue weighted by Crippen LogP contribution is -2.45. The lowest BCUT2D eigenvalue weighted by molar-refractivity contribution is 0.124. The second-order valence-electron chi connectivity index (χ2n) is 5.78. The van der Waals surface area contributed by atoms with E-state index in [4.69, 9.17) is 15.2 Å². The molecule has 0 aromatic heterocycles. The second-order valence-corrected chi connectivity index (χ2v) is 5.78.